The third-order valence-corrected chi connectivity index (χ3v) is 5.08. The molecule has 0 saturated carbocycles. The van der Waals surface area contributed by atoms with Crippen LogP contribution >= 0.6 is 0 Å². The van der Waals surface area contributed by atoms with Crippen molar-refractivity contribution in [3.63, 3.8) is 0 Å². The van der Waals surface area contributed by atoms with Crippen molar-refractivity contribution in [3.8, 4) is 5.75 Å². The average molecular weight is 289 g/mol. The highest BCUT2D eigenvalue weighted by Crippen LogP contribution is 2.42. The van der Waals surface area contributed by atoms with Gasteiger partial charge in [-0.2, -0.15) is 0 Å². The summed E-state index contributed by atoms with van der Waals surface area (Å²) in [5.74, 6) is 1.61. The lowest BCUT2D eigenvalue weighted by molar-refractivity contribution is 0.0782. The van der Waals surface area contributed by atoms with Gasteiger partial charge in [0.15, 0.2) is 0 Å². The summed E-state index contributed by atoms with van der Waals surface area (Å²) in [7, 11) is 2.06. The Morgan fingerprint density at radius 2 is 2.19 bits per heavy atom. The molecule has 1 saturated heterocycles. The molecule has 0 spiro atoms. The normalized spacial score (nSPS) is 28.2. The van der Waals surface area contributed by atoms with Crippen LogP contribution in [0.15, 0.2) is 18.2 Å². The fraction of sp³-hybridized carbons (Fsp3) is 0.667. The van der Waals surface area contributed by atoms with E-state index in [1.807, 2.05) is 0 Å². The van der Waals surface area contributed by atoms with Gasteiger partial charge >= 0.3 is 0 Å². The molecule has 0 radical (unpaired) electrons. The molecule has 3 unspecified atom stereocenters. The first-order valence-electron chi connectivity index (χ1n) is 8.13. The van der Waals surface area contributed by atoms with E-state index in [1.165, 1.54) is 11.1 Å². The van der Waals surface area contributed by atoms with Crippen molar-refractivity contribution < 1.29 is 9.47 Å². The maximum absolute atomic E-state index is 5.89. The second kappa shape index (κ2) is 5.62. The van der Waals surface area contributed by atoms with Gasteiger partial charge in [0.1, 0.15) is 5.75 Å². The van der Waals surface area contributed by atoms with Crippen LogP contribution < -0.4 is 10.1 Å². The monoisotopic (exact) mass is 289 g/mol. The van der Waals surface area contributed by atoms with Crippen molar-refractivity contribution in [1.29, 1.82) is 0 Å². The third-order valence-electron chi connectivity index (χ3n) is 5.08. The molecular formula is C18H27NO2. The van der Waals surface area contributed by atoms with Crippen LogP contribution in [0, 0.1) is 5.92 Å². The van der Waals surface area contributed by atoms with Crippen LogP contribution in [0.25, 0.3) is 0 Å². The summed E-state index contributed by atoms with van der Waals surface area (Å²) in [4.78, 5) is 0. The molecule has 3 rings (SSSR count). The van der Waals surface area contributed by atoms with E-state index in [0.717, 1.165) is 31.8 Å². The van der Waals surface area contributed by atoms with Crippen molar-refractivity contribution in [1.82, 2.24) is 5.32 Å². The van der Waals surface area contributed by atoms with E-state index in [4.69, 9.17) is 9.47 Å². The highest BCUT2D eigenvalue weighted by Gasteiger charge is 2.36. The number of rotatable bonds is 4. The zero-order valence-electron chi connectivity index (χ0n) is 13.6. The highest BCUT2D eigenvalue weighted by atomic mass is 16.5. The average Bonchev–Trinajstić information content (AvgIpc) is 3.05. The topological polar surface area (TPSA) is 30.5 Å². The van der Waals surface area contributed by atoms with Crippen molar-refractivity contribution >= 4 is 0 Å². The standard InChI is InChI=1S/C18H27NO2/c1-5-15-13(8-9-20-15)17(19-4)12-6-7-16-14(10-12)18(2,3)11-21-16/h6-7,10,13,15,17,19H,5,8-9,11H2,1-4H3. The quantitative estimate of drug-likeness (QED) is 0.921. The Labute approximate surface area is 128 Å². The summed E-state index contributed by atoms with van der Waals surface area (Å²) < 4.78 is 11.7. The van der Waals surface area contributed by atoms with E-state index in [2.05, 4.69) is 51.3 Å². The molecule has 0 bridgehead atoms. The van der Waals surface area contributed by atoms with E-state index in [-0.39, 0.29) is 5.41 Å². The van der Waals surface area contributed by atoms with E-state index < -0.39 is 0 Å². The molecule has 2 aliphatic rings. The van der Waals surface area contributed by atoms with Gasteiger partial charge in [0.2, 0.25) is 0 Å². The van der Waals surface area contributed by atoms with Crippen molar-refractivity contribution in [2.45, 2.75) is 51.2 Å². The molecule has 1 N–H and O–H groups in total. The predicted octanol–water partition coefficient (Wildman–Crippen LogP) is 3.43. The number of nitrogens with one attached hydrogen (secondary N) is 1. The Kier molecular flexibility index (Phi) is 3.98. The Morgan fingerprint density at radius 3 is 2.90 bits per heavy atom. The second-order valence-electron chi connectivity index (χ2n) is 6.96. The number of ether oxygens (including phenoxy) is 2. The fourth-order valence-corrected chi connectivity index (χ4v) is 3.83. The molecule has 3 heteroatoms. The molecule has 1 fully saturated rings. The number of fused-ring (bicyclic) bond motifs is 1. The molecule has 0 amide bonds. The smallest absolute Gasteiger partial charge is 0.123 e. The van der Waals surface area contributed by atoms with Gasteiger partial charge in [0, 0.05) is 29.5 Å². The molecular weight excluding hydrogens is 262 g/mol. The van der Waals surface area contributed by atoms with E-state index >= 15 is 0 Å². The summed E-state index contributed by atoms with van der Waals surface area (Å²) in [6, 6.07) is 7.06. The maximum atomic E-state index is 5.89. The SMILES string of the molecule is CCC1OCCC1C(NC)c1ccc2c(c1)C(C)(C)CO2. The van der Waals surface area contributed by atoms with Crippen molar-refractivity contribution in [2.75, 3.05) is 20.3 Å². The van der Waals surface area contributed by atoms with E-state index in [9.17, 15) is 0 Å². The number of hydrogen-bond acceptors (Lipinski definition) is 3. The lowest BCUT2D eigenvalue weighted by Gasteiger charge is -2.28. The molecule has 1 aromatic rings. The van der Waals surface area contributed by atoms with Crippen LogP contribution in [0.2, 0.25) is 0 Å². The van der Waals surface area contributed by atoms with Crippen LogP contribution in [0.1, 0.15) is 50.8 Å². The third kappa shape index (κ3) is 2.58. The molecule has 3 atom stereocenters. The lowest BCUT2D eigenvalue weighted by Crippen LogP contribution is -2.31. The molecule has 3 nitrogen and oxygen atoms in total. The van der Waals surface area contributed by atoms with E-state index in [1.54, 1.807) is 0 Å². The molecule has 116 valence electrons. The Morgan fingerprint density at radius 1 is 1.38 bits per heavy atom. The Bertz CT molecular complexity index is 512. The summed E-state index contributed by atoms with van der Waals surface area (Å²) in [6.07, 6.45) is 2.60. The second-order valence-corrected chi connectivity index (χ2v) is 6.96. The minimum Gasteiger partial charge on any atom is -0.492 e. The Hall–Kier alpha value is -1.06. The lowest BCUT2D eigenvalue weighted by atomic mass is 9.82. The van der Waals surface area contributed by atoms with Crippen LogP contribution in [0.4, 0.5) is 0 Å². The van der Waals surface area contributed by atoms with Crippen molar-refractivity contribution in [3.05, 3.63) is 29.3 Å². The minimum atomic E-state index is 0.111. The predicted molar refractivity (Wildman–Crippen MR) is 84.9 cm³/mol. The maximum Gasteiger partial charge on any atom is 0.123 e. The summed E-state index contributed by atoms with van der Waals surface area (Å²) in [6.45, 7) is 8.39. The zero-order valence-corrected chi connectivity index (χ0v) is 13.6. The molecule has 0 aromatic heterocycles. The fourth-order valence-electron chi connectivity index (χ4n) is 3.83. The van der Waals surface area contributed by atoms with Gasteiger partial charge in [-0.05, 0) is 37.6 Å². The summed E-state index contributed by atoms with van der Waals surface area (Å²) >= 11 is 0. The minimum absolute atomic E-state index is 0.111. The van der Waals surface area contributed by atoms with Gasteiger partial charge in [-0.25, -0.2) is 0 Å². The zero-order chi connectivity index (χ0) is 15.0. The first-order chi connectivity index (χ1) is 10.1. The van der Waals surface area contributed by atoms with Crippen LogP contribution in [-0.2, 0) is 10.2 Å². The molecule has 1 aromatic carbocycles. The number of benzene rings is 1. The first-order valence-corrected chi connectivity index (χ1v) is 8.13. The van der Waals surface area contributed by atoms with Gasteiger partial charge in [0.25, 0.3) is 0 Å². The first kappa shape index (κ1) is 14.9. The Balaban J connectivity index is 1.92. The molecule has 0 aliphatic carbocycles. The van der Waals surface area contributed by atoms with Gasteiger partial charge < -0.3 is 14.8 Å². The van der Waals surface area contributed by atoms with Gasteiger partial charge in [-0.1, -0.05) is 26.8 Å². The van der Waals surface area contributed by atoms with Gasteiger partial charge in [-0.15, -0.1) is 0 Å². The summed E-state index contributed by atoms with van der Waals surface area (Å²) in [5, 5.41) is 3.52. The molecule has 21 heavy (non-hydrogen) atoms. The van der Waals surface area contributed by atoms with Crippen LogP contribution in [0.3, 0.4) is 0 Å². The van der Waals surface area contributed by atoms with Gasteiger partial charge in [0.05, 0.1) is 12.7 Å². The number of hydrogen-bond donors (Lipinski definition) is 1. The molecule has 2 aliphatic heterocycles. The van der Waals surface area contributed by atoms with Crippen LogP contribution in [-0.4, -0.2) is 26.4 Å². The largest absolute Gasteiger partial charge is 0.492 e. The van der Waals surface area contributed by atoms with Gasteiger partial charge in [-0.3, -0.25) is 0 Å². The van der Waals surface area contributed by atoms with E-state index in [0.29, 0.717) is 18.1 Å². The van der Waals surface area contributed by atoms with Crippen molar-refractivity contribution in [2.24, 2.45) is 5.92 Å². The summed E-state index contributed by atoms with van der Waals surface area (Å²) in [5.41, 5.74) is 2.82. The highest BCUT2D eigenvalue weighted by molar-refractivity contribution is 5.46. The molecule has 2 heterocycles. The van der Waals surface area contributed by atoms with Crippen LogP contribution in [0.5, 0.6) is 5.75 Å².